The fourth-order valence-corrected chi connectivity index (χ4v) is 2.19. The van der Waals surface area contributed by atoms with Gasteiger partial charge in [-0.2, -0.15) is 0 Å². The second-order valence-electron chi connectivity index (χ2n) is 4.74. The van der Waals surface area contributed by atoms with Gasteiger partial charge in [-0.15, -0.1) is 0 Å². The van der Waals surface area contributed by atoms with Crippen LogP contribution in [0.1, 0.15) is 11.6 Å². The molecule has 120 valence electrons. The predicted octanol–water partition coefficient (Wildman–Crippen LogP) is 2.32. The summed E-state index contributed by atoms with van der Waals surface area (Å²) in [5.74, 6) is -0.301. The quantitative estimate of drug-likeness (QED) is 0.853. The Balaban J connectivity index is 2.01. The van der Waals surface area contributed by atoms with E-state index in [1.807, 2.05) is 6.07 Å². The number of para-hydroxylation sites is 1. The van der Waals surface area contributed by atoms with Crippen molar-refractivity contribution in [2.75, 3.05) is 13.7 Å². The van der Waals surface area contributed by atoms with Crippen LogP contribution in [-0.4, -0.2) is 25.5 Å². The highest BCUT2D eigenvalue weighted by atomic mass is 35.5. The SMILES string of the molecule is CNC(=O)C(NC(=O)COc1ccccc1Cl)c1ccccc1. The van der Waals surface area contributed by atoms with Gasteiger partial charge in [-0.3, -0.25) is 9.59 Å². The van der Waals surface area contributed by atoms with Gasteiger partial charge in [-0.1, -0.05) is 54.1 Å². The zero-order valence-electron chi connectivity index (χ0n) is 12.6. The van der Waals surface area contributed by atoms with Crippen LogP contribution in [0.2, 0.25) is 5.02 Å². The van der Waals surface area contributed by atoms with Crippen LogP contribution in [0.15, 0.2) is 54.6 Å². The molecule has 2 rings (SSSR count). The Labute approximate surface area is 139 Å². The van der Waals surface area contributed by atoms with Gasteiger partial charge in [0, 0.05) is 7.05 Å². The van der Waals surface area contributed by atoms with Crippen molar-refractivity contribution >= 4 is 23.4 Å². The fourth-order valence-electron chi connectivity index (χ4n) is 2.00. The molecule has 2 aromatic carbocycles. The highest BCUT2D eigenvalue weighted by Gasteiger charge is 2.21. The molecule has 1 unspecified atom stereocenters. The van der Waals surface area contributed by atoms with Gasteiger partial charge in [-0.25, -0.2) is 0 Å². The van der Waals surface area contributed by atoms with E-state index in [0.717, 1.165) is 0 Å². The normalized spacial score (nSPS) is 11.4. The molecule has 0 aliphatic carbocycles. The van der Waals surface area contributed by atoms with Crippen LogP contribution in [0.3, 0.4) is 0 Å². The average Bonchev–Trinajstić information content (AvgIpc) is 2.59. The Morgan fingerprint density at radius 1 is 1.09 bits per heavy atom. The number of likely N-dealkylation sites (N-methyl/N-ethyl adjacent to an activating group) is 1. The second kappa shape index (κ2) is 8.19. The van der Waals surface area contributed by atoms with E-state index in [4.69, 9.17) is 16.3 Å². The molecule has 0 aliphatic rings. The van der Waals surface area contributed by atoms with Gasteiger partial charge in [0.15, 0.2) is 6.61 Å². The smallest absolute Gasteiger partial charge is 0.258 e. The van der Waals surface area contributed by atoms with Gasteiger partial charge >= 0.3 is 0 Å². The number of carbonyl (C=O) groups excluding carboxylic acids is 2. The van der Waals surface area contributed by atoms with E-state index in [-0.39, 0.29) is 12.5 Å². The summed E-state index contributed by atoms with van der Waals surface area (Å²) in [5.41, 5.74) is 0.693. The molecule has 2 aromatic rings. The van der Waals surface area contributed by atoms with Gasteiger partial charge in [-0.05, 0) is 17.7 Å². The monoisotopic (exact) mass is 332 g/mol. The number of benzene rings is 2. The minimum atomic E-state index is -0.774. The predicted molar refractivity (Wildman–Crippen MR) is 88.3 cm³/mol. The lowest BCUT2D eigenvalue weighted by Crippen LogP contribution is -2.41. The summed E-state index contributed by atoms with van der Waals surface area (Å²) in [5, 5.41) is 5.61. The van der Waals surface area contributed by atoms with Crippen LogP contribution < -0.4 is 15.4 Å². The summed E-state index contributed by atoms with van der Waals surface area (Å²) in [4.78, 5) is 24.1. The third-order valence-corrected chi connectivity index (χ3v) is 3.45. The maximum absolute atomic E-state index is 12.1. The van der Waals surface area contributed by atoms with E-state index in [9.17, 15) is 9.59 Å². The second-order valence-corrected chi connectivity index (χ2v) is 5.15. The molecule has 5 nitrogen and oxygen atoms in total. The molecular formula is C17H17ClN2O3. The molecule has 23 heavy (non-hydrogen) atoms. The number of amides is 2. The number of carbonyl (C=O) groups is 2. The summed E-state index contributed by atoms with van der Waals surface area (Å²) in [6, 6.07) is 15.1. The summed E-state index contributed by atoms with van der Waals surface area (Å²) in [6.45, 7) is -0.232. The van der Waals surface area contributed by atoms with Crippen LogP contribution in [0.4, 0.5) is 0 Å². The third kappa shape index (κ3) is 4.72. The maximum atomic E-state index is 12.1. The van der Waals surface area contributed by atoms with E-state index in [1.54, 1.807) is 48.5 Å². The first-order valence-electron chi connectivity index (χ1n) is 7.05. The molecule has 0 spiro atoms. The van der Waals surface area contributed by atoms with E-state index >= 15 is 0 Å². The molecule has 2 amide bonds. The van der Waals surface area contributed by atoms with Gasteiger partial charge in [0.05, 0.1) is 5.02 Å². The van der Waals surface area contributed by atoms with Crippen LogP contribution in [0, 0.1) is 0 Å². The zero-order valence-corrected chi connectivity index (χ0v) is 13.3. The topological polar surface area (TPSA) is 67.4 Å². The lowest BCUT2D eigenvalue weighted by Gasteiger charge is -2.18. The van der Waals surface area contributed by atoms with Crippen molar-refractivity contribution in [3.63, 3.8) is 0 Å². The number of hydrogen-bond donors (Lipinski definition) is 2. The zero-order chi connectivity index (χ0) is 16.7. The van der Waals surface area contributed by atoms with Crippen LogP contribution in [0.5, 0.6) is 5.75 Å². The molecule has 0 heterocycles. The molecule has 1 atom stereocenters. The van der Waals surface area contributed by atoms with Gasteiger partial charge in [0.2, 0.25) is 5.91 Å². The van der Waals surface area contributed by atoms with Crippen LogP contribution >= 0.6 is 11.6 Å². The fraction of sp³-hybridized carbons (Fsp3) is 0.176. The van der Waals surface area contributed by atoms with E-state index < -0.39 is 11.9 Å². The van der Waals surface area contributed by atoms with E-state index in [2.05, 4.69) is 10.6 Å². The van der Waals surface area contributed by atoms with Gasteiger partial charge < -0.3 is 15.4 Å². The number of halogens is 1. The van der Waals surface area contributed by atoms with Gasteiger partial charge in [0.1, 0.15) is 11.8 Å². The number of nitrogens with one attached hydrogen (secondary N) is 2. The molecule has 2 N–H and O–H groups in total. The molecule has 0 saturated heterocycles. The van der Waals surface area contributed by atoms with Crippen LogP contribution in [-0.2, 0) is 9.59 Å². The third-order valence-electron chi connectivity index (χ3n) is 3.14. The Morgan fingerprint density at radius 2 is 1.74 bits per heavy atom. The van der Waals surface area contributed by atoms with Crippen molar-refractivity contribution in [2.24, 2.45) is 0 Å². The Bertz CT molecular complexity index is 677. The maximum Gasteiger partial charge on any atom is 0.258 e. The van der Waals surface area contributed by atoms with Crippen molar-refractivity contribution in [1.82, 2.24) is 10.6 Å². The molecule has 0 bridgehead atoms. The van der Waals surface area contributed by atoms with Crippen molar-refractivity contribution in [1.29, 1.82) is 0 Å². The molecule has 0 aromatic heterocycles. The molecule has 0 fully saturated rings. The minimum absolute atomic E-state index is 0.232. The van der Waals surface area contributed by atoms with Crippen LogP contribution in [0.25, 0.3) is 0 Å². The van der Waals surface area contributed by atoms with Crippen molar-refractivity contribution in [3.05, 3.63) is 65.2 Å². The highest BCUT2D eigenvalue weighted by molar-refractivity contribution is 6.32. The van der Waals surface area contributed by atoms with Crippen molar-refractivity contribution < 1.29 is 14.3 Å². The molecule has 0 aliphatic heterocycles. The summed E-state index contributed by atoms with van der Waals surface area (Å²) >= 11 is 5.96. The minimum Gasteiger partial charge on any atom is -0.482 e. The van der Waals surface area contributed by atoms with Gasteiger partial charge in [0.25, 0.3) is 5.91 Å². The van der Waals surface area contributed by atoms with Crippen molar-refractivity contribution in [3.8, 4) is 5.75 Å². The van der Waals surface area contributed by atoms with E-state index in [0.29, 0.717) is 16.3 Å². The summed E-state index contributed by atoms with van der Waals surface area (Å²) in [6.07, 6.45) is 0. The Hall–Kier alpha value is -2.53. The average molecular weight is 333 g/mol. The highest BCUT2D eigenvalue weighted by Crippen LogP contribution is 2.23. The molecule has 6 heteroatoms. The first-order chi connectivity index (χ1) is 11.1. The first-order valence-corrected chi connectivity index (χ1v) is 7.43. The van der Waals surface area contributed by atoms with Crippen molar-refractivity contribution in [2.45, 2.75) is 6.04 Å². The number of hydrogen-bond acceptors (Lipinski definition) is 3. The largest absolute Gasteiger partial charge is 0.482 e. The number of rotatable bonds is 6. The molecule has 0 saturated carbocycles. The summed E-state index contributed by atoms with van der Waals surface area (Å²) in [7, 11) is 1.52. The lowest BCUT2D eigenvalue weighted by molar-refractivity contribution is -0.129. The number of ether oxygens (including phenoxy) is 1. The molecule has 0 radical (unpaired) electrons. The first kappa shape index (κ1) is 16.8. The molecular weight excluding hydrogens is 316 g/mol. The standard InChI is InChI=1S/C17H17ClN2O3/c1-19-17(22)16(12-7-3-2-4-8-12)20-15(21)11-23-14-10-6-5-9-13(14)18/h2-10,16H,11H2,1H3,(H,19,22)(H,20,21). The van der Waals surface area contributed by atoms with E-state index in [1.165, 1.54) is 7.05 Å². The lowest BCUT2D eigenvalue weighted by atomic mass is 10.1. The Kier molecular flexibility index (Phi) is 6.00. The summed E-state index contributed by atoms with van der Waals surface area (Å²) < 4.78 is 5.37. The Morgan fingerprint density at radius 3 is 2.39 bits per heavy atom.